The molecule has 2 aromatic heterocycles. The molecule has 1 aromatic carbocycles. The summed E-state index contributed by atoms with van der Waals surface area (Å²) in [7, 11) is -3.05. The Kier molecular flexibility index (Phi) is 10.5. The molecule has 5 rings (SSSR count). The molecule has 0 bridgehead atoms. The summed E-state index contributed by atoms with van der Waals surface area (Å²) < 4.78 is 49.0. The molecule has 1 saturated heterocycles. The Morgan fingerprint density at radius 1 is 0.902 bits per heavy atom. The number of carbonyl (C=O) groups is 4. The second kappa shape index (κ2) is 14.5. The summed E-state index contributed by atoms with van der Waals surface area (Å²) >= 11 is 6.07. The van der Waals surface area contributed by atoms with Crippen LogP contribution >= 0.6 is 34.9 Å². The third-order valence-corrected chi connectivity index (χ3v) is 10.5. The number of benzene rings is 1. The molecule has 0 radical (unpaired) electrons. The highest BCUT2D eigenvalue weighted by Gasteiger charge is 2.37. The molecule has 1 fully saturated rings. The molecule has 2 aliphatic heterocycles. The van der Waals surface area contributed by atoms with Gasteiger partial charge in [-0.2, -0.15) is 8.42 Å². The molecule has 4 N–H and O–H groups in total. The number of aliphatic carboxylic acids is 3. The SMILES string of the molecule is COC(/C=c1\s/c(=c2/s/c(=C3/OC(=S)N(CC(=O)O)C3=O)n(CC(=O)O)c2=O)n(CC(=O)O)c1=O)=C1\Oc2ccccc2N1CCCS(=O)(=O)O. The van der Waals surface area contributed by atoms with Crippen molar-refractivity contribution in [1.82, 2.24) is 14.0 Å². The van der Waals surface area contributed by atoms with E-state index < -0.39 is 81.4 Å². The number of fused-ring (bicyclic) bond motifs is 1. The minimum atomic E-state index is -4.29. The number of rotatable bonds is 12. The number of hydrogen-bond acceptors (Lipinski definition) is 15. The zero-order valence-electron chi connectivity index (χ0n) is 25.8. The van der Waals surface area contributed by atoms with Gasteiger partial charge in [-0.3, -0.25) is 47.4 Å². The first-order chi connectivity index (χ1) is 24.0. The summed E-state index contributed by atoms with van der Waals surface area (Å²) in [5, 5.41) is 27.8. The Hall–Kier alpha value is -5.36. The standard InChI is InChI=1S/C28H24N4O15S4/c1-45-15(25-29(7-4-8-51(42,43)44)13-5-2-3-6-14(13)46-25)9-16-22(39)30(10-17(33)34)27(49-16)21-24(41)31(11-18(35)36)26(50-21)20-23(40)32(12-19(37)38)28(48)47-20/h2-3,5-6,9H,4,7-8,10-12H2,1H3,(H,33,34)(H,35,36)(H,37,38)(H,42,43,44)/b16-9-,25-15-,26-20+,27-21+. The molecule has 19 nitrogen and oxygen atoms in total. The quantitative estimate of drug-likeness (QED) is 0.0945. The Morgan fingerprint density at radius 2 is 1.53 bits per heavy atom. The van der Waals surface area contributed by atoms with Gasteiger partial charge < -0.3 is 34.4 Å². The highest BCUT2D eigenvalue weighted by molar-refractivity contribution is 7.85. The summed E-state index contributed by atoms with van der Waals surface area (Å²) in [6.45, 7) is -2.83. The first kappa shape index (κ1) is 36.9. The molecule has 0 aliphatic carbocycles. The maximum Gasteiger partial charge on any atom is 0.323 e. The van der Waals surface area contributed by atoms with Crippen molar-refractivity contribution >= 4 is 91.5 Å². The van der Waals surface area contributed by atoms with Gasteiger partial charge in [0.2, 0.25) is 11.6 Å². The van der Waals surface area contributed by atoms with Gasteiger partial charge >= 0.3 is 23.8 Å². The van der Waals surface area contributed by atoms with Gasteiger partial charge in [-0.15, -0.1) is 22.7 Å². The van der Waals surface area contributed by atoms with Crippen LogP contribution in [0.5, 0.6) is 5.75 Å². The first-order valence-corrected chi connectivity index (χ1v) is 17.8. The second-order valence-electron chi connectivity index (χ2n) is 10.4. The normalized spacial score (nSPS) is 17.3. The molecule has 3 aromatic rings. The maximum absolute atomic E-state index is 13.7. The zero-order chi connectivity index (χ0) is 37.4. The van der Waals surface area contributed by atoms with Crippen LogP contribution in [-0.2, 0) is 51.9 Å². The number of carboxylic acid groups (broad SMARTS) is 3. The van der Waals surface area contributed by atoms with Gasteiger partial charge in [0, 0.05) is 12.6 Å². The van der Waals surface area contributed by atoms with Crippen molar-refractivity contribution in [3.63, 3.8) is 0 Å². The average Bonchev–Trinajstić information content (AvgIpc) is 3.73. The summed E-state index contributed by atoms with van der Waals surface area (Å²) in [6.07, 6.45) is 1.16. The fraction of sp³-hybridized carbons (Fsp3) is 0.250. The molecular formula is C28H24N4O15S4. The largest absolute Gasteiger partial charge is 0.491 e. The van der Waals surface area contributed by atoms with Crippen molar-refractivity contribution in [2.75, 3.05) is 30.9 Å². The van der Waals surface area contributed by atoms with Crippen LogP contribution in [-0.4, -0.2) is 97.3 Å². The predicted octanol–water partition coefficient (Wildman–Crippen LogP) is -1.30. The van der Waals surface area contributed by atoms with Crippen LogP contribution in [0.3, 0.4) is 0 Å². The molecule has 1 amide bonds. The van der Waals surface area contributed by atoms with E-state index >= 15 is 0 Å². The Morgan fingerprint density at radius 3 is 2.14 bits per heavy atom. The predicted molar refractivity (Wildman–Crippen MR) is 180 cm³/mol. The van der Waals surface area contributed by atoms with E-state index in [0.717, 1.165) is 4.57 Å². The van der Waals surface area contributed by atoms with Crippen LogP contribution < -0.4 is 30.0 Å². The number of nitrogens with zero attached hydrogens (tertiary/aromatic N) is 4. The molecule has 0 spiro atoms. The van der Waals surface area contributed by atoms with Gasteiger partial charge in [-0.1, -0.05) is 12.1 Å². The van der Waals surface area contributed by atoms with Crippen LogP contribution in [0.4, 0.5) is 5.69 Å². The summed E-state index contributed by atoms with van der Waals surface area (Å²) in [5.41, 5.74) is -1.44. The van der Waals surface area contributed by atoms with Crippen LogP contribution in [0.2, 0.25) is 0 Å². The number of amides is 1. The highest BCUT2D eigenvalue weighted by atomic mass is 32.2. The summed E-state index contributed by atoms with van der Waals surface area (Å²) in [6, 6.07) is 6.67. The van der Waals surface area contributed by atoms with Crippen LogP contribution in [0.15, 0.2) is 45.5 Å². The lowest BCUT2D eigenvalue weighted by atomic mass is 10.2. The van der Waals surface area contributed by atoms with E-state index in [2.05, 4.69) is 0 Å². The molecule has 51 heavy (non-hydrogen) atoms. The van der Waals surface area contributed by atoms with Gasteiger partial charge in [0.05, 0.1) is 23.1 Å². The number of ether oxygens (including phenoxy) is 3. The number of hydrogen-bond donors (Lipinski definition) is 4. The van der Waals surface area contributed by atoms with Crippen molar-refractivity contribution in [1.29, 1.82) is 0 Å². The Labute approximate surface area is 297 Å². The van der Waals surface area contributed by atoms with E-state index in [1.165, 1.54) is 13.2 Å². The van der Waals surface area contributed by atoms with Crippen LogP contribution in [0.25, 0.3) is 11.8 Å². The molecule has 0 unspecified atom stereocenters. The smallest absolute Gasteiger partial charge is 0.323 e. The number of para-hydroxylation sites is 2. The molecule has 0 saturated carbocycles. The number of thiocarbonyl (C=S) groups is 1. The van der Waals surface area contributed by atoms with Gasteiger partial charge in [0.25, 0.3) is 26.4 Å². The zero-order valence-corrected chi connectivity index (χ0v) is 29.1. The summed E-state index contributed by atoms with van der Waals surface area (Å²) in [5.74, 6) is -6.43. The third kappa shape index (κ3) is 7.70. The van der Waals surface area contributed by atoms with Crippen molar-refractivity contribution in [3.05, 3.63) is 75.0 Å². The molecule has 2 aliphatic rings. The maximum atomic E-state index is 13.7. The van der Waals surface area contributed by atoms with Gasteiger partial charge in [-0.05, 0) is 30.8 Å². The lowest BCUT2D eigenvalue weighted by Gasteiger charge is -2.19. The van der Waals surface area contributed by atoms with Crippen LogP contribution in [0.1, 0.15) is 6.42 Å². The monoisotopic (exact) mass is 784 g/mol. The molecular weight excluding hydrogens is 761 g/mol. The minimum absolute atomic E-state index is 0.0137. The summed E-state index contributed by atoms with van der Waals surface area (Å²) in [4.78, 5) is 77.5. The molecule has 4 heterocycles. The van der Waals surface area contributed by atoms with Gasteiger partial charge in [-0.25, -0.2) is 0 Å². The van der Waals surface area contributed by atoms with E-state index in [4.69, 9.17) is 31.5 Å². The molecule has 0 atom stereocenters. The number of aromatic nitrogens is 2. The fourth-order valence-electron chi connectivity index (χ4n) is 4.93. The lowest BCUT2D eigenvalue weighted by Crippen LogP contribution is -2.35. The van der Waals surface area contributed by atoms with E-state index in [-0.39, 0.29) is 43.0 Å². The van der Waals surface area contributed by atoms with Crippen molar-refractivity contribution in [2.45, 2.75) is 19.5 Å². The van der Waals surface area contributed by atoms with E-state index in [0.29, 0.717) is 43.6 Å². The number of carbonyl (C=O) groups excluding carboxylic acids is 1. The Bertz CT molecular complexity index is 2490. The molecule has 23 heteroatoms. The van der Waals surface area contributed by atoms with Crippen molar-refractivity contribution in [2.24, 2.45) is 0 Å². The number of allylic oxidation sites excluding steroid dienone is 1. The van der Waals surface area contributed by atoms with Crippen molar-refractivity contribution < 1.29 is 61.7 Å². The fourth-order valence-corrected chi connectivity index (χ4v) is 7.98. The van der Waals surface area contributed by atoms with Gasteiger partial charge in [0.1, 0.15) is 33.5 Å². The first-order valence-electron chi connectivity index (χ1n) is 14.2. The van der Waals surface area contributed by atoms with Crippen molar-refractivity contribution in [3.8, 4) is 5.75 Å². The number of methoxy groups -OCH3 is 1. The second-order valence-corrected chi connectivity index (χ2v) is 14.4. The van der Waals surface area contributed by atoms with E-state index in [9.17, 15) is 52.0 Å². The van der Waals surface area contributed by atoms with E-state index in [1.54, 1.807) is 29.2 Å². The van der Waals surface area contributed by atoms with Gasteiger partial charge in [0.15, 0.2) is 11.5 Å². The topological polar surface area (TPSA) is 262 Å². The minimum Gasteiger partial charge on any atom is -0.491 e. The number of anilines is 1. The number of carboxylic acids is 3. The Balaban J connectivity index is 1.78. The lowest BCUT2D eigenvalue weighted by molar-refractivity contribution is -0.140. The van der Waals surface area contributed by atoms with Crippen LogP contribution in [0, 0.1) is 9.20 Å². The number of thiazole rings is 2. The van der Waals surface area contributed by atoms with E-state index in [1.807, 2.05) is 0 Å². The third-order valence-electron chi connectivity index (χ3n) is 6.99. The molecule has 270 valence electrons. The highest BCUT2D eigenvalue weighted by Crippen LogP contribution is 2.40. The average molecular weight is 785 g/mol.